The second kappa shape index (κ2) is 5.49. The lowest BCUT2D eigenvalue weighted by Crippen LogP contribution is -2.47. The highest BCUT2D eigenvalue weighted by molar-refractivity contribution is 5.94. The summed E-state index contributed by atoms with van der Waals surface area (Å²) in [5, 5.41) is 2.15. The number of rotatable bonds is 4. The molecule has 2 aliphatic carbocycles. The molecule has 0 radical (unpaired) electrons. The fraction of sp³-hybridized carbons (Fsp3) is 0.833. The van der Waals surface area contributed by atoms with E-state index in [4.69, 9.17) is 5.73 Å². The van der Waals surface area contributed by atoms with E-state index < -0.39 is 6.03 Å². The third kappa shape index (κ3) is 3.70. The molecule has 0 unspecified atom stereocenters. The van der Waals surface area contributed by atoms with Crippen molar-refractivity contribution in [3.63, 3.8) is 0 Å². The van der Waals surface area contributed by atoms with Crippen molar-refractivity contribution in [1.82, 2.24) is 10.2 Å². The zero-order valence-electron chi connectivity index (χ0n) is 10.2. The van der Waals surface area contributed by atoms with Gasteiger partial charge >= 0.3 is 6.03 Å². The highest BCUT2D eigenvalue weighted by atomic mass is 16.2. The number of nitrogens with two attached hydrogens (primary N) is 1. The topological polar surface area (TPSA) is 75.4 Å². The maximum Gasteiger partial charge on any atom is 0.318 e. The first kappa shape index (κ1) is 12.4. The number of nitrogens with zero attached hydrogens (tertiary/aromatic N) is 1. The van der Waals surface area contributed by atoms with Crippen molar-refractivity contribution in [2.75, 3.05) is 6.54 Å². The van der Waals surface area contributed by atoms with Gasteiger partial charge in [-0.3, -0.25) is 15.0 Å². The number of primary amides is 1. The van der Waals surface area contributed by atoms with Crippen LogP contribution in [0.3, 0.4) is 0 Å². The van der Waals surface area contributed by atoms with Crippen molar-refractivity contribution in [2.45, 2.75) is 57.0 Å². The van der Waals surface area contributed by atoms with Crippen molar-refractivity contribution in [3.8, 4) is 0 Å². The lowest BCUT2D eigenvalue weighted by molar-refractivity contribution is -0.122. The molecule has 3 N–H and O–H groups in total. The van der Waals surface area contributed by atoms with Gasteiger partial charge in [-0.2, -0.15) is 0 Å². The van der Waals surface area contributed by atoms with E-state index in [1.165, 1.54) is 44.9 Å². The van der Waals surface area contributed by atoms with E-state index in [0.29, 0.717) is 18.6 Å². The summed E-state index contributed by atoms with van der Waals surface area (Å²) in [4.78, 5) is 24.5. The average Bonchev–Trinajstić information content (AvgIpc) is 3.10. The molecule has 96 valence electrons. The summed E-state index contributed by atoms with van der Waals surface area (Å²) in [6.07, 6.45) is 8.54. The van der Waals surface area contributed by atoms with E-state index in [1.807, 2.05) is 0 Å². The van der Waals surface area contributed by atoms with Gasteiger partial charge in [-0.1, -0.05) is 19.3 Å². The third-order valence-corrected chi connectivity index (χ3v) is 3.65. The number of amides is 3. The molecular formula is C12H21N3O2. The standard InChI is InChI=1S/C12H21N3O2/c13-12(17)14-11(16)8-15(10-6-7-10)9-4-2-1-3-5-9/h9-10H,1-8H2,(H3,13,14,16,17). The molecule has 0 aromatic heterocycles. The zero-order chi connectivity index (χ0) is 12.3. The summed E-state index contributed by atoms with van der Waals surface area (Å²) in [6, 6.07) is 0.320. The fourth-order valence-electron chi connectivity index (χ4n) is 2.72. The molecule has 5 heteroatoms. The van der Waals surface area contributed by atoms with Crippen LogP contribution in [0.2, 0.25) is 0 Å². The van der Waals surface area contributed by atoms with E-state index in [-0.39, 0.29) is 5.91 Å². The van der Waals surface area contributed by atoms with Crippen molar-refractivity contribution in [3.05, 3.63) is 0 Å². The highest BCUT2D eigenvalue weighted by Crippen LogP contribution is 2.33. The van der Waals surface area contributed by atoms with Crippen LogP contribution in [0.5, 0.6) is 0 Å². The second-order valence-electron chi connectivity index (χ2n) is 5.11. The Balaban J connectivity index is 1.87. The van der Waals surface area contributed by atoms with Crippen LogP contribution in [0.15, 0.2) is 0 Å². The van der Waals surface area contributed by atoms with Gasteiger partial charge < -0.3 is 5.73 Å². The van der Waals surface area contributed by atoms with Gasteiger partial charge in [0.1, 0.15) is 0 Å². The first-order valence-corrected chi connectivity index (χ1v) is 6.52. The van der Waals surface area contributed by atoms with E-state index in [0.717, 1.165) is 0 Å². The highest BCUT2D eigenvalue weighted by Gasteiger charge is 2.35. The molecule has 0 aromatic carbocycles. The van der Waals surface area contributed by atoms with Crippen LogP contribution in [-0.2, 0) is 4.79 Å². The molecule has 0 atom stereocenters. The van der Waals surface area contributed by atoms with Crippen LogP contribution in [0.4, 0.5) is 4.79 Å². The Morgan fingerprint density at radius 3 is 2.18 bits per heavy atom. The van der Waals surface area contributed by atoms with Crippen LogP contribution < -0.4 is 11.1 Å². The number of hydrogen-bond acceptors (Lipinski definition) is 3. The number of carbonyl (C=O) groups excluding carboxylic acids is 2. The molecule has 2 rings (SSSR count). The van der Waals surface area contributed by atoms with Crippen molar-refractivity contribution in [2.24, 2.45) is 5.73 Å². The first-order valence-electron chi connectivity index (χ1n) is 6.52. The quantitative estimate of drug-likeness (QED) is 0.767. The predicted molar refractivity (Wildman–Crippen MR) is 64.3 cm³/mol. The predicted octanol–water partition coefficient (Wildman–Crippen LogP) is 0.978. The van der Waals surface area contributed by atoms with Gasteiger partial charge in [0.2, 0.25) is 5.91 Å². The molecule has 0 aromatic rings. The summed E-state index contributed by atoms with van der Waals surface area (Å²) in [7, 11) is 0. The Bertz CT molecular complexity index is 296. The zero-order valence-corrected chi connectivity index (χ0v) is 10.2. The van der Waals surface area contributed by atoms with Crippen molar-refractivity contribution in [1.29, 1.82) is 0 Å². The van der Waals surface area contributed by atoms with Gasteiger partial charge in [0.25, 0.3) is 0 Å². The van der Waals surface area contributed by atoms with E-state index in [2.05, 4.69) is 10.2 Å². The molecule has 3 amide bonds. The van der Waals surface area contributed by atoms with Crippen molar-refractivity contribution < 1.29 is 9.59 Å². The molecule has 0 aliphatic heterocycles. The molecule has 2 aliphatic rings. The van der Waals surface area contributed by atoms with E-state index in [9.17, 15) is 9.59 Å². The van der Waals surface area contributed by atoms with Gasteiger partial charge in [-0.25, -0.2) is 4.79 Å². The van der Waals surface area contributed by atoms with Gasteiger partial charge in [-0.05, 0) is 25.7 Å². The van der Waals surface area contributed by atoms with Crippen LogP contribution >= 0.6 is 0 Å². The minimum Gasteiger partial charge on any atom is -0.351 e. The lowest BCUT2D eigenvalue weighted by Gasteiger charge is -2.33. The van der Waals surface area contributed by atoms with Gasteiger partial charge in [-0.15, -0.1) is 0 Å². The Hall–Kier alpha value is -1.10. The van der Waals surface area contributed by atoms with Crippen molar-refractivity contribution >= 4 is 11.9 Å². The SMILES string of the molecule is NC(=O)NC(=O)CN(C1CCCCC1)C1CC1. The molecule has 2 fully saturated rings. The molecule has 0 spiro atoms. The smallest absolute Gasteiger partial charge is 0.318 e. The molecule has 0 heterocycles. The van der Waals surface area contributed by atoms with Crippen LogP contribution in [0.25, 0.3) is 0 Å². The average molecular weight is 239 g/mol. The number of nitrogens with one attached hydrogen (secondary N) is 1. The Morgan fingerprint density at radius 1 is 1.06 bits per heavy atom. The van der Waals surface area contributed by atoms with Gasteiger partial charge in [0, 0.05) is 12.1 Å². The minimum atomic E-state index is -0.755. The third-order valence-electron chi connectivity index (χ3n) is 3.65. The molecule has 5 nitrogen and oxygen atoms in total. The van der Waals surface area contributed by atoms with Crippen LogP contribution in [-0.4, -0.2) is 35.5 Å². The number of carbonyl (C=O) groups is 2. The normalized spacial score (nSPS) is 21.5. The minimum absolute atomic E-state index is 0.269. The Morgan fingerprint density at radius 2 is 1.65 bits per heavy atom. The molecule has 0 saturated heterocycles. The van der Waals surface area contributed by atoms with Gasteiger partial charge in [0.15, 0.2) is 0 Å². The molecule has 0 bridgehead atoms. The molecule has 2 saturated carbocycles. The summed E-state index contributed by atoms with van der Waals surface area (Å²) in [5.74, 6) is -0.269. The van der Waals surface area contributed by atoms with E-state index in [1.54, 1.807) is 0 Å². The number of hydrogen-bond donors (Lipinski definition) is 2. The monoisotopic (exact) mass is 239 g/mol. The second-order valence-corrected chi connectivity index (χ2v) is 5.11. The lowest BCUT2D eigenvalue weighted by atomic mass is 9.94. The number of imide groups is 1. The summed E-state index contributed by atoms with van der Waals surface area (Å²) < 4.78 is 0. The maximum absolute atomic E-state index is 11.6. The maximum atomic E-state index is 11.6. The number of urea groups is 1. The summed E-state index contributed by atoms with van der Waals surface area (Å²) >= 11 is 0. The summed E-state index contributed by atoms with van der Waals surface area (Å²) in [6.45, 7) is 0.318. The Labute approximate surface area is 102 Å². The largest absolute Gasteiger partial charge is 0.351 e. The summed E-state index contributed by atoms with van der Waals surface area (Å²) in [5.41, 5.74) is 4.95. The molecular weight excluding hydrogens is 218 g/mol. The van der Waals surface area contributed by atoms with Gasteiger partial charge in [0.05, 0.1) is 6.54 Å². The van der Waals surface area contributed by atoms with Crippen LogP contribution in [0, 0.1) is 0 Å². The Kier molecular flexibility index (Phi) is 3.99. The fourth-order valence-corrected chi connectivity index (χ4v) is 2.72. The first-order chi connectivity index (χ1) is 8.16. The molecule has 17 heavy (non-hydrogen) atoms. The van der Waals surface area contributed by atoms with E-state index >= 15 is 0 Å². The van der Waals surface area contributed by atoms with Crippen LogP contribution in [0.1, 0.15) is 44.9 Å².